The van der Waals surface area contributed by atoms with Gasteiger partial charge in [0.25, 0.3) is 0 Å². The minimum atomic E-state index is -0.409. The molecule has 0 bridgehead atoms. The lowest BCUT2D eigenvalue weighted by Gasteiger charge is -2.17. The molecule has 6 heteroatoms. The smallest absolute Gasteiger partial charge is 0.227 e. The maximum absolute atomic E-state index is 12.9. The van der Waals surface area contributed by atoms with Crippen molar-refractivity contribution in [2.24, 2.45) is 5.92 Å². The van der Waals surface area contributed by atoms with Crippen molar-refractivity contribution < 1.29 is 14.0 Å². The molecular formula is C19H18ClFN2O2. The number of amides is 2. The first kappa shape index (κ1) is 17.4. The van der Waals surface area contributed by atoms with Crippen LogP contribution in [0.25, 0.3) is 0 Å². The highest BCUT2D eigenvalue weighted by Gasteiger charge is 2.35. The van der Waals surface area contributed by atoms with Gasteiger partial charge in [0.2, 0.25) is 11.8 Å². The van der Waals surface area contributed by atoms with Crippen LogP contribution in [0.2, 0.25) is 5.02 Å². The fraction of sp³-hybridized carbons (Fsp3) is 0.263. The van der Waals surface area contributed by atoms with Crippen molar-refractivity contribution in [3.05, 3.63) is 64.4 Å². The van der Waals surface area contributed by atoms with Crippen molar-refractivity contribution in [3.8, 4) is 0 Å². The Hall–Kier alpha value is -2.40. The van der Waals surface area contributed by atoms with Crippen LogP contribution < -0.4 is 10.2 Å². The molecule has 2 amide bonds. The van der Waals surface area contributed by atoms with Crippen molar-refractivity contribution in [3.63, 3.8) is 0 Å². The van der Waals surface area contributed by atoms with Crippen LogP contribution in [0.5, 0.6) is 0 Å². The van der Waals surface area contributed by atoms with E-state index in [9.17, 15) is 14.0 Å². The van der Waals surface area contributed by atoms with Crippen LogP contribution >= 0.6 is 11.6 Å². The molecule has 2 aromatic carbocycles. The number of rotatable bonds is 4. The molecule has 3 rings (SSSR count). The van der Waals surface area contributed by atoms with Crippen molar-refractivity contribution in [1.82, 2.24) is 5.32 Å². The van der Waals surface area contributed by atoms with Gasteiger partial charge in [0.1, 0.15) is 5.82 Å². The van der Waals surface area contributed by atoms with Gasteiger partial charge in [-0.1, -0.05) is 29.8 Å². The molecular weight excluding hydrogens is 343 g/mol. The van der Waals surface area contributed by atoms with E-state index in [0.717, 1.165) is 11.1 Å². The molecule has 0 radical (unpaired) electrons. The summed E-state index contributed by atoms with van der Waals surface area (Å²) in [5.74, 6) is -1.00. The zero-order chi connectivity index (χ0) is 18.0. The molecule has 0 saturated carbocycles. The number of hydrogen-bond acceptors (Lipinski definition) is 2. The topological polar surface area (TPSA) is 49.4 Å². The summed E-state index contributed by atoms with van der Waals surface area (Å²) >= 11 is 6.12. The van der Waals surface area contributed by atoms with E-state index < -0.39 is 5.92 Å². The van der Waals surface area contributed by atoms with E-state index >= 15 is 0 Å². The van der Waals surface area contributed by atoms with Gasteiger partial charge in [0.15, 0.2) is 0 Å². The molecule has 130 valence electrons. The van der Waals surface area contributed by atoms with Gasteiger partial charge >= 0.3 is 0 Å². The maximum atomic E-state index is 12.9. The lowest BCUT2D eigenvalue weighted by Crippen LogP contribution is -2.32. The second-order valence-corrected chi connectivity index (χ2v) is 6.59. The SMILES string of the molecule is Cc1ccc(N2C[C@@H](C(=O)NCc3ccc(F)cc3)CC2=O)cc1Cl. The summed E-state index contributed by atoms with van der Waals surface area (Å²) < 4.78 is 12.9. The Balaban J connectivity index is 1.62. The van der Waals surface area contributed by atoms with Gasteiger partial charge < -0.3 is 10.2 Å². The van der Waals surface area contributed by atoms with Gasteiger partial charge in [-0.15, -0.1) is 0 Å². The van der Waals surface area contributed by atoms with Crippen molar-refractivity contribution in [2.45, 2.75) is 19.9 Å². The van der Waals surface area contributed by atoms with Crippen molar-refractivity contribution >= 4 is 29.1 Å². The highest BCUT2D eigenvalue weighted by molar-refractivity contribution is 6.31. The van der Waals surface area contributed by atoms with E-state index in [2.05, 4.69) is 5.32 Å². The normalized spacial score (nSPS) is 17.0. The Morgan fingerprint density at radius 2 is 2.00 bits per heavy atom. The average molecular weight is 361 g/mol. The number of nitrogens with one attached hydrogen (secondary N) is 1. The highest BCUT2D eigenvalue weighted by Crippen LogP contribution is 2.28. The third-order valence-corrected chi connectivity index (χ3v) is 4.75. The van der Waals surface area contributed by atoms with Crippen LogP contribution in [0, 0.1) is 18.7 Å². The van der Waals surface area contributed by atoms with Crippen LogP contribution in [-0.4, -0.2) is 18.4 Å². The maximum Gasteiger partial charge on any atom is 0.227 e. The molecule has 1 aliphatic heterocycles. The Labute approximate surface area is 150 Å². The fourth-order valence-corrected chi connectivity index (χ4v) is 2.99. The molecule has 0 aliphatic carbocycles. The minimum Gasteiger partial charge on any atom is -0.352 e. The minimum absolute atomic E-state index is 0.0955. The van der Waals surface area contributed by atoms with E-state index in [4.69, 9.17) is 11.6 Å². The van der Waals surface area contributed by atoms with Crippen LogP contribution in [0.1, 0.15) is 17.5 Å². The van der Waals surface area contributed by atoms with E-state index in [0.29, 0.717) is 23.8 Å². The van der Waals surface area contributed by atoms with Crippen LogP contribution in [0.15, 0.2) is 42.5 Å². The lowest BCUT2D eigenvalue weighted by molar-refractivity contribution is -0.126. The fourth-order valence-electron chi connectivity index (χ4n) is 2.82. The summed E-state index contributed by atoms with van der Waals surface area (Å²) in [6.07, 6.45) is 0.167. The summed E-state index contributed by atoms with van der Waals surface area (Å²) in [4.78, 5) is 26.2. The number of carbonyl (C=O) groups is 2. The zero-order valence-electron chi connectivity index (χ0n) is 13.8. The van der Waals surface area contributed by atoms with Gasteiger partial charge in [-0.2, -0.15) is 0 Å². The van der Waals surface area contributed by atoms with Gasteiger partial charge in [-0.05, 0) is 42.3 Å². The summed E-state index contributed by atoms with van der Waals surface area (Å²) in [6, 6.07) is 11.4. The molecule has 25 heavy (non-hydrogen) atoms. The Morgan fingerprint density at radius 3 is 2.68 bits per heavy atom. The largest absolute Gasteiger partial charge is 0.352 e. The third-order valence-electron chi connectivity index (χ3n) is 4.34. The van der Waals surface area contributed by atoms with Crippen LogP contribution in [0.4, 0.5) is 10.1 Å². The van der Waals surface area contributed by atoms with Gasteiger partial charge in [-0.25, -0.2) is 4.39 Å². The van der Waals surface area contributed by atoms with Crippen LogP contribution in [-0.2, 0) is 16.1 Å². The first-order chi connectivity index (χ1) is 11.9. The second kappa shape index (κ2) is 7.23. The highest BCUT2D eigenvalue weighted by atomic mass is 35.5. The molecule has 2 aromatic rings. The van der Waals surface area contributed by atoms with E-state index in [1.165, 1.54) is 12.1 Å². The molecule has 0 spiro atoms. The van der Waals surface area contributed by atoms with E-state index in [1.54, 1.807) is 23.1 Å². The first-order valence-corrected chi connectivity index (χ1v) is 8.40. The average Bonchev–Trinajstić information content (AvgIpc) is 2.98. The zero-order valence-corrected chi connectivity index (χ0v) is 14.5. The quantitative estimate of drug-likeness (QED) is 0.907. The Kier molecular flexibility index (Phi) is 5.04. The summed E-state index contributed by atoms with van der Waals surface area (Å²) in [7, 11) is 0. The third kappa shape index (κ3) is 3.99. The van der Waals surface area contributed by atoms with Gasteiger partial charge in [-0.3, -0.25) is 9.59 Å². The number of anilines is 1. The monoisotopic (exact) mass is 360 g/mol. The predicted octanol–water partition coefficient (Wildman–Crippen LogP) is 3.46. The van der Waals surface area contributed by atoms with Gasteiger partial charge in [0, 0.05) is 30.2 Å². The molecule has 4 nitrogen and oxygen atoms in total. The number of benzene rings is 2. The van der Waals surface area contributed by atoms with Crippen molar-refractivity contribution in [2.75, 3.05) is 11.4 Å². The van der Waals surface area contributed by atoms with Gasteiger partial charge in [0.05, 0.1) is 5.92 Å². The predicted molar refractivity (Wildman–Crippen MR) is 94.9 cm³/mol. The number of carbonyl (C=O) groups excluding carboxylic acids is 2. The number of halogens is 2. The van der Waals surface area contributed by atoms with Crippen molar-refractivity contribution in [1.29, 1.82) is 0 Å². The van der Waals surface area contributed by atoms with E-state index in [-0.39, 0.29) is 24.1 Å². The number of aryl methyl sites for hydroxylation is 1. The molecule has 0 unspecified atom stereocenters. The second-order valence-electron chi connectivity index (χ2n) is 6.18. The summed E-state index contributed by atoms with van der Waals surface area (Å²) in [5, 5.41) is 3.40. The molecule has 1 aliphatic rings. The lowest BCUT2D eigenvalue weighted by atomic mass is 10.1. The first-order valence-electron chi connectivity index (χ1n) is 8.02. The molecule has 1 atom stereocenters. The summed E-state index contributed by atoms with van der Waals surface area (Å²) in [5.41, 5.74) is 2.45. The standard InChI is InChI=1S/C19H18ClFN2O2/c1-12-2-7-16(9-17(12)20)23-11-14(8-18(23)24)19(25)22-10-13-3-5-15(21)6-4-13/h2-7,9,14H,8,10-11H2,1H3,(H,22,25)/t14-/m0/s1. The molecule has 1 saturated heterocycles. The Bertz CT molecular complexity index is 808. The summed E-state index contributed by atoms with van der Waals surface area (Å²) in [6.45, 7) is 2.53. The number of hydrogen-bond donors (Lipinski definition) is 1. The number of nitrogens with zero attached hydrogens (tertiary/aromatic N) is 1. The van der Waals surface area contributed by atoms with E-state index in [1.807, 2.05) is 19.1 Å². The Morgan fingerprint density at radius 1 is 1.28 bits per heavy atom. The van der Waals surface area contributed by atoms with Crippen LogP contribution in [0.3, 0.4) is 0 Å². The molecule has 1 fully saturated rings. The molecule has 0 aromatic heterocycles. The molecule has 1 N–H and O–H groups in total. The molecule has 1 heterocycles.